The number of hydrogen-bond acceptors (Lipinski definition) is 2. The number of nitrogens with one attached hydrogen (secondary N) is 1. The number of hydrogen-bond donors (Lipinski definition) is 1. The van der Waals surface area contributed by atoms with Crippen LogP contribution in [0.3, 0.4) is 0 Å². The van der Waals surface area contributed by atoms with Crippen LogP contribution in [0.5, 0.6) is 0 Å². The molecule has 0 aliphatic heterocycles. The third kappa shape index (κ3) is 3.12. The largest absolute Gasteiger partial charge is 0.240 e. The summed E-state index contributed by atoms with van der Waals surface area (Å²) >= 11 is 0. The first-order valence-electron chi connectivity index (χ1n) is 4.48. The lowest BCUT2D eigenvalue weighted by atomic mass is 10.2. The zero-order valence-corrected chi connectivity index (χ0v) is 9.14. The lowest BCUT2D eigenvalue weighted by Crippen LogP contribution is -2.27. The molecule has 1 aromatic rings. The average molecular weight is 212 g/mol. The molecule has 3 nitrogen and oxygen atoms in total. The van der Waals surface area contributed by atoms with E-state index >= 15 is 0 Å². The summed E-state index contributed by atoms with van der Waals surface area (Å²) in [4.78, 5) is 0.289. The van der Waals surface area contributed by atoms with Crippen LogP contribution in [0.25, 0.3) is 0 Å². The van der Waals surface area contributed by atoms with E-state index in [9.17, 15) is 8.42 Å². The van der Waals surface area contributed by atoms with E-state index in [4.69, 9.17) is 0 Å². The molecule has 0 aromatic heterocycles. The van der Waals surface area contributed by atoms with Crippen LogP contribution in [-0.4, -0.2) is 15.0 Å². The fraction of sp³-hybridized carbons (Fsp3) is 0.400. The Hall–Kier alpha value is -0.870. The topological polar surface area (TPSA) is 46.2 Å². The van der Waals surface area contributed by atoms with Crippen molar-refractivity contribution < 1.29 is 8.42 Å². The minimum absolute atomic E-state index is 0.289. The van der Waals surface area contributed by atoms with Gasteiger partial charge in [-0.05, 0) is 24.1 Å². The molecule has 0 aliphatic rings. The van der Waals surface area contributed by atoms with Gasteiger partial charge in [-0.15, -0.1) is 0 Å². The molecule has 0 aliphatic carbocycles. The second kappa shape index (κ2) is 4.57. The van der Waals surface area contributed by atoms with Crippen LogP contribution in [-0.2, 0) is 10.0 Å². The molecule has 1 radical (unpaired) electrons. The summed E-state index contributed by atoms with van der Waals surface area (Å²) < 4.78 is 25.8. The van der Waals surface area contributed by atoms with Crippen molar-refractivity contribution in [2.24, 2.45) is 5.92 Å². The van der Waals surface area contributed by atoms with Crippen LogP contribution in [0.15, 0.2) is 29.2 Å². The molecule has 0 saturated heterocycles. The van der Waals surface area contributed by atoms with Crippen molar-refractivity contribution in [3.05, 3.63) is 30.3 Å². The van der Waals surface area contributed by atoms with Gasteiger partial charge in [-0.2, -0.15) is 0 Å². The van der Waals surface area contributed by atoms with Crippen molar-refractivity contribution in [3.63, 3.8) is 0 Å². The normalized spacial score (nSPS) is 11.9. The SMILES string of the molecule is CC(C)CNS(=O)(=O)c1cc[c]cc1. The molecule has 1 aromatic carbocycles. The highest BCUT2D eigenvalue weighted by molar-refractivity contribution is 7.89. The van der Waals surface area contributed by atoms with Gasteiger partial charge in [-0.3, -0.25) is 0 Å². The molecule has 4 heteroatoms. The molecule has 0 saturated carbocycles. The van der Waals surface area contributed by atoms with Gasteiger partial charge >= 0.3 is 0 Å². The van der Waals surface area contributed by atoms with Crippen LogP contribution in [0.4, 0.5) is 0 Å². The van der Waals surface area contributed by atoms with Crippen LogP contribution >= 0.6 is 0 Å². The smallest absolute Gasteiger partial charge is 0.211 e. The van der Waals surface area contributed by atoms with Gasteiger partial charge in [0.25, 0.3) is 0 Å². The minimum Gasteiger partial charge on any atom is -0.211 e. The first kappa shape index (κ1) is 11.2. The van der Waals surface area contributed by atoms with Gasteiger partial charge in [0, 0.05) is 6.54 Å². The summed E-state index contributed by atoms with van der Waals surface area (Å²) in [5, 5.41) is 0. The fourth-order valence-corrected chi connectivity index (χ4v) is 2.12. The van der Waals surface area contributed by atoms with Gasteiger partial charge in [0.1, 0.15) is 0 Å². The first-order chi connectivity index (χ1) is 6.52. The maximum absolute atomic E-state index is 11.6. The van der Waals surface area contributed by atoms with Gasteiger partial charge in [0.15, 0.2) is 0 Å². The molecular formula is C10H14NO2S. The molecule has 0 amide bonds. The van der Waals surface area contributed by atoms with Crippen LogP contribution in [0, 0.1) is 12.0 Å². The van der Waals surface area contributed by atoms with Crippen molar-refractivity contribution in [1.82, 2.24) is 4.72 Å². The fourth-order valence-electron chi connectivity index (χ4n) is 0.910. The summed E-state index contributed by atoms with van der Waals surface area (Å²) in [5.41, 5.74) is 0. The third-order valence-corrected chi connectivity index (χ3v) is 3.12. The molecule has 0 unspecified atom stereocenters. The van der Waals surface area contributed by atoms with Gasteiger partial charge in [0.2, 0.25) is 10.0 Å². The van der Waals surface area contributed by atoms with Gasteiger partial charge in [-0.1, -0.05) is 26.0 Å². The zero-order valence-electron chi connectivity index (χ0n) is 8.32. The van der Waals surface area contributed by atoms with E-state index in [1.807, 2.05) is 13.8 Å². The highest BCUT2D eigenvalue weighted by Crippen LogP contribution is 2.06. The Kier molecular flexibility index (Phi) is 3.66. The van der Waals surface area contributed by atoms with Crippen molar-refractivity contribution in [2.75, 3.05) is 6.54 Å². The zero-order chi connectivity index (χ0) is 10.6. The quantitative estimate of drug-likeness (QED) is 0.820. The Labute approximate surface area is 85.2 Å². The molecule has 0 heterocycles. The van der Waals surface area contributed by atoms with Crippen molar-refractivity contribution in [3.8, 4) is 0 Å². The highest BCUT2D eigenvalue weighted by Gasteiger charge is 2.12. The summed E-state index contributed by atoms with van der Waals surface area (Å²) in [6.45, 7) is 4.38. The predicted molar refractivity (Wildman–Crippen MR) is 55.3 cm³/mol. The Morgan fingerprint density at radius 1 is 1.36 bits per heavy atom. The molecule has 1 rings (SSSR count). The molecule has 14 heavy (non-hydrogen) atoms. The van der Waals surface area contributed by atoms with E-state index in [1.165, 1.54) is 12.1 Å². The second-order valence-corrected chi connectivity index (χ2v) is 5.25. The Balaban J connectivity index is 2.77. The first-order valence-corrected chi connectivity index (χ1v) is 5.96. The monoisotopic (exact) mass is 212 g/mol. The van der Waals surface area contributed by atoms with E-state index in [-0.39, 0.29) is 4.90 Å². The van der Waals surface area contributed by atoms with Crippen LogP contribution in [0.2, 0.25) is 0 Å². The summed E-state index contributed by atoms with van der Waals surface area (Å²) in [7, 11) is -3.33. The Morgan fingerprint density at radius 2 is 1.93 bits per heavy atom. The Bertz CT molecular complexity index is 370. The maximum Gasteiger partial charge on any atom is 0.240 e. The van der Waals surface area contributed by atoms with Gasteiger partial charge in [-0.25, -0.2) is 13.1 Å². The highest BCUT2D eigenvalue weighted by atomic mass is 32.2. The molecule has 77 valence electrons. The number of benzene rings is 1. The predicted octanol–water partition coefficient (Wildman–Crippen LogP) is 1.42. The van der Waals surface area contributed by atoms with Gasteiger partial charge < -0.3 is 0 Å². The lowest BCUT2D eigenvalue weighted by molar-refractivity contribution is 0.560. The molecule has 0 bridgehead atoms. The molecule has 1 N–H and O–H groups in total. The second-order valence-electron chi connectivity index (χ2n) is 3.48. The minimum atomic E-state index is -3.33. The lowest BCUT2D eigenvalue weighted by Gasteiger charge is -2.08. The van der Waals surface area contributed by atoms with Crippen molar-refractivity contribution in [2.45, 2.75) is 18.7 Å². The molecule has 0 fully saturated rings. The standard InChI is InChI=1S/C10H14NO2S/c1-9(2)8-11-14(12,13)10-6-4-3-5-7-10/h4-7,9,11H,8H2,1-2H3. The van der Waals surface area contributed by atoms with Crippen molar-refractivity contribution in [1.29, 1.82) is 0 Å². The third-order valence-electron chi connectivity index (χ3n) is 1.68. The summed E-state index contributed by atoms with van der Waals surface area (Å²) in [6, 6.07) is 9.01. The van der Waals surface area contributed by atoms with E-state index in [0.29, 0.717) is 12.5 Å². The molecular weight excluding hydrogens is 198 g/mol. The Morgan fingerprint density at radius 3 is 2.43 bits per heavy atom. The van der Waals surface area contributed by atoms with Crippen molar-refractivity contribution >= 4 is 10.0 Å². The van der Waals surface area contributed by atoms with E-state index in [1.54, 1.807) is 12.1 Å². The summed E-state index contributed by atoms with van der Waals surface area (Å²) in [6.07, 6.45) is 0. The molecule has 0 spiro atoms. The maximum atomic E-state index is 11.6. The van der Waals surface area contributed by atoms with E-state index in [0.717, 1.165) is 0 Å². The number of rotatable bonds is 4. The van der Waals surface area contributed by atoms with E-state index in [2.05, 4.69) is 10.8 Å². The molecule has 0 atom stereocenters. The van der Waals surface area contributed by atoms with Crippen LogP contribution in [0.1, 0.15) is 13.8 Å². The summed E-state index contributed by atoms with van der Waals surface area (Å²) in [5.74, 6) is 0.306. The van der Waals surface area contributed by atoms with Crippen LogP contribution < -0.4 is 4.72 Å². The van der Waals surface area contributed by atoms with E-state index < -0.39 is 10.0 Å². The number of sulfonamides is 1. The average Bonchev–Trinajstić information content (AvgIpc) is 2.16. The van der Waals surface area contributed by atoms with Gasteiger partial charge in [0.05, 0.1) is 4.90 Å².